The maximum absolute atomic E-state index is 13.0. The molecule has 0 saturated carbocycles. The number of hydrogen-bond acceptors (Lipinski definition) is 3. The maximum Gasteiger partial charge on any atom is 0.124 e. The van der Waals surface area contributed by atoms with Crippen molar-refractivity contribution in [1.29, 1.82) is 0 Å². The van der Waals surface area contributed by atoms with Gasteiger partial charge in [-0.1, -0.05) is 15.9 Å². The van der Waals surface area contributed by atoms with E-state index in [-0.39, 0.29) is 19.0 Å². The molecule has 16 heavy (non-hydrogen) atoms. The second-order valence-electron chi connectivity index (χ2n) is 4.04. The molecule has 1 aromatic carbocycles. The van der Waals surface area contributed by atoms with Gasteiger partial charge < -0.3 is 15.5 Å². The Bertz CT molecular complexity index is 338. The van der Waals surface area contributed by atoms with E-state index in [1.807, 2.05) is 0 Å². The lowest BCUT2D eigenvalue weighted by Crippen LogP contribution is -2.40. The first-order valence-corrected chi connectivity index (χ1v) is 5.71. The molecule has 0 aliphatic carbocycles. The number of halogens is 2. The van der Waals surface area contributed by atoms with Crippen LogP contribution in [0.2, 0.25) is 0 Å². The van der Waals surface area contributed by atoms with Gasteiger partial charge in [-0.25, -0.2) is 4.39 Å². The van der Waals surface area contributed by atoms with Crippen molar-refractivity contribution >= 4 is 15.9 Å². The van der Waals surface area contributed by atoms with E-state index in [0.717, 1.165) is 5.56 Å². The molecule has 1 unspecified atom stereocenters. The van der Waals surface area contributed by atoms with Crippen LogP contribution in [0, 0.1) is 5.82 Å². The van der Waals surface area contributed by atoms with Crippen molar-refractivity contribution in [1.82, 2.24) is 5.32 Å². The number of rotatable bonds is 5. The summed E-state index contributed by atoms with van der Waals surface area (Å²) in [5.41, 5.74) is -0.370. The second kappa shape index (κ2) is 5.72. The number of nitrogens with one attached hydrogen (secondary N) is 1. The SMILES string of the molecule is CC(O)(CO)CNCc1cc(F)cc(Br)c1. The summed E-state index contributed by atoms with van der Waals surface area (Å²) in [6.45, 7) is 1.90. The van der Waals surface area contributed by atoms with Gasteiger partial charge in [0.2, 0.25) is 0 Å². The number of aliphatic hydroxyl groups is 2. The lowest BCUT2D eigenvalue weighted by molar-refractivity contribution is 0.00253. The van der Waals surface area contributed by atoms with Crippen LogP contribution in [0.25, 0.3) is 0 Å². The summed E-state index contributed by atoms with van der Waals surface area (Å²) in [5, 5.41) is 21.3. The van der Waals surface area contributed by atoms with Crippen LogP contribution in [-0.2, 0) is 6.54 Å². The smallest absolute Gasteiger partial charge is 0.124 e. The second-order valence-corrected chi connectivity index (χ2v) is 4.95. The molecule has 1 atom stereocenters. The largest absolute Gasteiger partial charge is 0.393 e. The topological polar surface area (TPSA) is 52.5 Å². The molecule has 0 aliphatic heterocycles. The Balaban J connectivity index is 2.49. The van der Waals surface area contributed by atoms with Gasteiger partial charge in [-0.05, 0) is 30.7 Å². The van der Waals surface area contributed by atoms with Crippen molar-refractivity contribution in [3.63, 3.8) is 0 Å². The molecule has 0 radical (unpaired) electrons. The van der Waals surface area contributed by atoms with Crippen LogP contribution in [0.1, 0.15) is 12.5 Å². The Morgan fingerprint density at radius 1 is 1.44 bits per heavy atom. The predicted octanol–water partition coefficient (Wildman–Crippen LogP) is 1.42. The third kappa shape index (κ3) is 4.57. The molecule has 0 aliphatic rings. The van der Waals surface area contributed by atoms with E-state index >= 15 is 0 Å². The van der Waals surface area contributed by atoms with E-state index in [0.29, 0.717) is 11.0 Å². The van der Waals surface area contributed by atoms with Crippen molar-refractivity contribution in [2.45, 2.75) is 19.1 Å². The van der Waals surface area contributed by atoms with Gasteiger partial charge in [0.25, 0.3) is 0 Å². The summed E-state index contributed by atoms with van der Waals surface area (Å²) in [4.78, 5) is 0. The van der Waals surface area contributed by atoms with Crippen LogP contribution in [0.3, 0.4) is 0 Å². The Morgan fingerprint density at radius 3 is 2.69 bits per heavy atom. The molecule has 0 heterocycles. The normalized spacial score (nSPS) is 14.8. The summed E-state index contributed by atoms with van der Waals surface area (Å²) in [6, 6.07) is 4.60. The highest BCUT2D eigenvalue weighted by atomic mass is 79.9. The third-order valence-corrected chi connectivity index (χ3v) is 2.56. The highest BCUT2D eigenvalue weighted by Crippen LogP contribution is 2.14. The minimum absolute atomic E-state index is 0.248. The summed E-state index contributed by atoms with van der Waals surface area (Å²) >= 11 is 3.20. The van der Waals surface area contributed by atoms with Crippen LogP contribution in [0.5, 0.6) is 0 Å². The fourth-order valence-corrected chi connectivity index (χ4v) is 1.76. The van der Waals surface area contributed by atoms with Gasteiger partial charge in [-0.2, -0.15) is 0 Å². The molecule has 0 bridgehead atoms. The van der Waals surface area contributed by atoms with Crippen LogP contribution in [0.4, 0.5) is 4.39 Å². The quantitative estimate of drug-likeness (QED) is 0.769. The first-order valence-electron chi connectivity index (χ1n) is 4.92. The Hall–Kier alpha value is -0.490. The van der Waals surface area contributed by atoms with Gasteiger partial charge >= 0.3 is 0 Å². The molecule has 1 rings (SSSR count). The standard InChI is InChI=1S/C11H15BrFNO2/c1-11(16,7-15)6-14-5-8-2-9(12)4-10(13)3-8/h2-4,14-16H,5-7H2,1H3. The van der Waals surface area contributed by atoms with Gasteiger partial charge in [-0.15, -0.1) is 0 Å². The molecule has 3 N–H and O–H groups in total. The van der Waals surface area contributed by atoms with Crippen molar-refractivity contribution < 1.29 is 14.6 Å². The predicted molar refractivity (Wildman–Crippen MR) is 63.5 cm³/mol. The highest BCUT2D eigenvalue weighted by molar-refractivity contribution is 9.10. The molecule has 1 aromatic rings. The molecule has 0 saturated heterocycles. The zero-order valence-corrected chi connectivity index (χ0v) is 10.6. The molecule has 0 aromatic heterocycles. The first kappa shape index (κ1) is 13.6. The Morgan fingerprint density at radius 2 is 2.12 bits per heavy atom. The van der Waals surface area contributed by atoms with E-state index < -0.39 is 5.60 Å². The molecular weight excluding hydrogens is 277 g/mol. The van der Waals surface area contributed by atoms with Crippen LogP contribution in [0.15, 0.2) is 22.7 Å². The maximum atomic E-state index is 13.0. The Kier molecular flexibility index (Phi) is 4.86. The fraction of sp³-hybridized carbons (Fsp3) is 0.455. The lowest BCUT2D eigenvalue weighted by Gasteiger charge is -2.20. The lowest BCUT2D eigenvalue weighted by atomic mass is 10.1. The summed E-state index contributed by atoms with van der Waals surface area (Å²) < 4.78 is 13.7. The number of aliphatic hydroxyl groups excluding tert-OH is 1. The van der Waals surface area contributed by atoms with E-state index in [4.69, 9.17) is 5.11 Å². The Labute approximate surface area is 102 Å². The monoisotopic (exact) mass is 291 g/mol. The molecular formula is C11H15BrFNO2. The highest BCUT2D eigenvalue weighted by Gasteiger charge is 2.17. The van der Waals surface area contributed by atoms with Gasteiger partial charge in [-0.3, -0.25) is 0 Å². The van der Waals surface area contributed by atoms with Crippen LogP contribution < -0.4 is 5.32 Å². The zero-order chi connectivity index (χ0) is 12.2. The van der Waals surface area contributed by atoms with Crippen molar-refractivity contribution in [2.75, 3.05) is 13.2 Å². The van der Waals surface area contributed by atoms with Gasteiger partial charge in [0, 0.05) is 17.6 Å². The van der Waals surface area contributed by atoms with E-state index in [1.165, 1.54) is 19.1 Å². The molecule has 0 amide bonds. The zero-order valence-electron chi connectivity index (χ0n) is 9.00. The number of benzene rings is 1. The van der Waals surface area contributed by atoms with Crippen molar-refractivity contribution in [3.8, 4) is 0 Å². The van der Waals surface area contributed by atoms with Crippen molar-refractivity contribution in [2.24, 2.45) is 0 Å². The van der Waals surface area contributed by atoms with Gasteiger partial charge in [0.1, 0.15) is 5.82 Å². The molecule has 0 fully saturated rings. The average Bonchev–Trinajstić information content (AvgIpc) is 2.16. The molecule has 3 nitrogen and oxygen atoms in total. The fourth-order valence-electron chi connectivity index (χ4n) is 1.25. The van der Waals surface area contributed by atoms with Gasteiger partial charge in [0.05, 0.1) is 12.2 Å². The van der Waals surface area contributed by atoms with E-state index in [2.05, 4.69) is 21.2 Å². The van der Waals surface area contributed by atoms with Gasteiger partial charge in [0.15, 0.2) is 0 Å². The van der Waals surface area contributed by atoms with Crippen molar-refractivity contribution in [3.05, 3.63) is 34.1 Å². The molecule has 90 valence electrons. The summed E-state index contributed by atoms with van der Waals surface area (Å²) in [5.74, 6) is -0.305. The summed E-state index contributed by atoms with van der Waals surface area (Å²) in [7, 11) is 0. The number of hydrogen-bond donors (Lipinski definition) is 3. The van der Waals surface area contributed by atoms with Crippen LogP contribution in [-0.4, -0.2) is 29.0 Å². The van der Waals surface area contributed by atoms with E-state index in [1.54, 1.807) is 6.07 Å². The minimum atomic E-state index is -1.15. The molecule has 5 heteroatoms. The molecule has 0 spiro atoms. The van der Waals surface area contributed by atoms with Crippen LogP contribution >= 0.6 is 15.9 Å². The average molecular weight is 292 g/mol. The third-order valence-electron chi connectivity index (χ3n) is 2.10. The summed E-state index contributed by atoms with van der Waals surface area (Å²) in [6.07, 6.45) is 0. The first-order chi connectivity index (χ1) is 7.43. The van der Waals surface area contributed by atoms with E-state index in [9.17, 15) is 9.50 Å². The minimum Gasteiger partial charge on any atom is -0.393 e.